The molecule has 4 heterocycles. The second-order valence-electron chi connectivity index (χ2n) is 9.98. The van der Waals surface area contributed by atoms with Gasteiger partial charge in [0.15, 0.2) is 28.8 Å². The number of amides is 2. The minimum atomic E-state index is -4.11. The Morgan fingerprint density at radius 1 is 1.00 bits per heavy atom. The molecule has 2 amide bonds. The van der Waals surface area contributed by atoms with Gasteiger partial charge in [-0.1, -0.05) is 18.2 Å². The van der Waals surface area contributed by atoms with Crippen LogP contribution in [0.3, 0.4) is 0 Å². The zero-order valence-electron chi connectivity index (χ0n) is 22.5. The van der Waals surface area contributed by atoms with Gasteiger partial charge in [-0.25, -0.2) is 30.9 Å². The number of morpholine rings is 1. The molecule has 0 unspecified atom stereocenters. The van der Waals surface area contributed by atoms with Crippen LogP contribution in [0.15, 0.2) is 53.6 Å². The van der Waals surface area contributed by atoms with Crippen molar-refractivity contribution in [3.8, 4) is 11.5 Å². The molecule has 11 nitrogen and oxygen atoms in total. The first-order valence-electron chi connectivity index (χ1n) is 13.2. The fourth-order valence-electron chi connectivity index (χ4n) is 5.48. The van der Waals surface area contributed by atoms with Crippen molar-refractivity contribution in [3.63, 3.8) is 0 Å². The molecule has 0 radical (unpaired) electrons. The average molecular weight is 600 g/mol. The standard InChI is InChI=1S/C28H27F2N5O6S/c1-2-33-25-17(15-34(28(33)38)26-23(29)21(36)13-22(37)24(26)30)14-31-27-20(25)12-18(16-32-8-10-41-11-9-32)35(27)42(39,40)19-6-4-3-5-7-19/h3-7,12-14,36-37H,2,8-11,15-16H2,1H3. The molecular formula is C28H27F2N5O6S. The topological polar surface area (TPSA) is 128 Å². The Bertz CT molecular complexity index is 1780. The van der Waals surface area contributed by atoms with Crippen LogP contribution < -0.4 is 9.80 Å². The van der Waals surface area contributed by atoms with Crippen molar-refractivity contribution in [2.24, 2.45) is 0 Å². The predicted octanol–water partition coefficient (Wildman–Crippen LogP) is 3.76. The highest BCUT2D eigenvalue weighted by atomic mass is 32.2. The van der Waals surface area contributed by atoms with Crippen LogP contribution in [0.2, 0.25) is 0 Å². The molecule has 0 aliphatic carbocycles. The molecule has 1 fully saturated rings. The molecule has 6 rings (SSSR count). The van der Waals surface area contributed by atoms with E-state index in [0.29, 0.717) is 54.7 Å². The van der Waals surface area contributed by atoms with Crippen LogP contribution in [0.25, 0.3) is 11.0 Å². The summed E-state index contributed by atoms with van der Waals surface area (Å²) in [5.41, 5.74) is 0.376. The van der Waals surface area contributed by atoms with Gasteiger partial charge in [0.1, 0.15) is 5.69 Å². The maximum atomic E-state index is 14.9. The number of aromatic nitrogens is 2. The maximum absolute atomic E-state index is 14.9. The lowest BCUT2D eigenvalue weighted by molar-refractivity contribution is 0.0336. The Kier molecular flexibility index (Phi) is 6.99. The molecule has 4 aromatic rings. The highest BCUT2D eigenvalue weighted by molar-refractivity contribution is 7.90. The summed E-state index contributed by atoms with van der Waals surface area (Å²) in [7, 11) is -4.11. The largest absolute Gasteiger partial charge is 0.505 e. The molecule has 2 aliphatic heterocycles. The van der Waals surface area contributed by atoms with E-state index < -0.39 is 44.9 Å². The number of halogens is 2. The molecule has 14 heteroatoms. The van der Waals surface area contributed by atoms with Crippen molar-refractivity contribution >= 4 is 38.5 Å². The number of pyridine rings is 1. The fourth-order valence-corrected chi connectivity index (χ4v) is 6.99. The summed E-state index contributed by atoms with van der Waals surface area (Å²) in [4.78, 5) is 22.4. The molecular weight excluding hydrogens is 572 g/mol. The minimum Gasteiger partial charge on any atom is -0.505 e. The summed E-state index contributed by atoms with van der Waals surface area (Å²) in [6.07, 6.45) is 1.37. The van der Waals surface area contributed by atoms with Crippen molar-refractivity contribution < 1.29 is 36.9 Å². The molecule has 0 saturated carbocycles. The molecule has 0 bridgehead atoms. The Morgan fingerprint density at radius 3 is 2.31 bits per heavy atom. The molecule has 1 saturated heterocycles. The van der Waals surface area contributed by atoms with E-state index in [1.165, 1.54) is 27.2 Å². The van der Waals surface area contributed by atoms with E-state index in [-0.39, 0.29) is 30.2 Å². The lowest BCUT2D eigenvalue weighted by Gasteiger charge is -2.37. The van der Waals surface area contributed by atoms with Crippen LogP contribution in [-0.2, 0) is 27.8 Å². The zero-order chi connectivity index (χ0) is 29.8. The van der Waals surface area contributed by atoms with E-state index in [1.54, 1.807) is 31.2 Å². The number of fused-ring (bicyclic) bond motifs is 3. The Balaban J connectivity index is 1.55. The first-order chi connectivity index (χ1) is 20.1. The van der Waals surface area contributed by atoms with Crippen LogP contribution in [0, 0.1) is 11.6 Å². The third kappa shape index (κ3) is 4.42. The van der Waals surface area contributed by atoms with Gasteiger partial charge in [0, 0.05) is 49.4 Å². The van der Waals surface area contributed by atoms with Gasteiger partial charge >= 0.3 is 6.03 Å². The van der Waals surface area contributed by atoms with Crippen LogP contribution in [0.5, 0.6) is 11.5 Å². The van der Waals surface area contributed by atoms with Gasteiger partial charge in [-0.05, 0) is 25.1 Å². The lowest BCUT2D eigenvalue weighted by Crippen LogP contribution is -2.48. The van der Waals surface area contributed by atoms with E-state index in [0.717, 1.165) is 4.90 Å². The number of hydrogen-bond donors (Lipinski definition) is 2. The Morgan fingerprint density at radius 2 is 1.67 bits per heavy atom. The van der Waals surface area contributed by atoms with Crippen molar-refractivity contribution in [1.82, 2.24) is 13.9 Å². The number of nitrogens with zero attached hydrogens (tertiary/aromatic N) is 5. The second-order valence-corrected chi connectivity index (χ2v) is 11.8. The van der Waals surface area contributed by atoms with Crippen molar-refractivity contribution in [2.75, 3.05) is 42.6 Å². The summed E-state index contributed by atoms with van der Waals surface area (Å²) < 4.78 is 64.4. The SMILES string of the molecule is CCN1C(=O)N(c2c(F)c(O)cc(O)c2F)Cc2cnc3c(cc(CN4CCOCC4)n3S(=O)(=O)c3ccccc3)c21. The van der Waals surface area contributed by atoms with Gasteiger partial charge in [0.05, 0.1) is 36.0 Å². The van der Waals surface area contributed by atoms with Crippen molar-refractivity contribution in [2.45, 2.75) is 24.9 Å². The third-order valence-corrected chi connectivity index (χ3v) is 9.22. The van der Waals surface area contributed by atoms with Crippen LogP contribution in [0.4, 0.5) is 25.0 Å². The summed E-state index contributed by atoms with van der Waals surface area (Å²) in [6.45, 7) is 3.85. The molecule has 42 heavy (non-hydrogen) atoms. The zero-order valence-corrected chi connectivity index (χ0v) is 23.3. The average Bonchev–Trinajstić information content (AvgIpc) is 3.36. The number of anilines is 2. The molecule has 2 aromatic carbocycles. The van der Waals surface area contributed by atoms with Crippen LogP contribution in [0.1, 0.15) is 18.2 Å². The number of ether oxygens (including phenoxy) is 1. The quantitative estimate of drug-likeness (QED) is 0.343. The number of carbonyl (C=O) groups excluding carboxylic acids is 1. The predicted molar refractivity (Wildman–Crippen MR) is 149 cm³/mol. The van der Waals surface area contributed by atoms with E-state index >= 15 is 0 Å². The first kappa shape index (κ1) is 27.9. The monoisotopic (exact) mass is 599 g/mol. The number of phenols is 2. The summed E-state index contributed by atoms with van der Waals surface area (Å²) in [5.74, 6) is -4.84. The third-order valence-electron chi connectivity index (χ3n) is 7.46. The molecule has 0 spiro atoms. The number of aromatic hydroxyl groups is 2. The highest BCUT2D eigenvalue weighted by Gasteiger charge is 2.38. The maximum Gasteiger partial charge on any atom is 0.329 e. The molecule has 220 valence electrons. The highest BCUT2D eigenvalue weighted by Crippen LogP contribution is 2.42. The number of hydrogen-bond acceptors (Lipinski definition) is 8. The van der Waals surface area contributed by atoms with Gasteiger partial charge in [-0.2, -0.15) is 0 Å². The van der Waals surface area contributed by atoms with Crippen molar-refractivity contribution in [1.29, 1.82) is 0 Å². The number of urea groups is 1. The number of phenolic OH excluding ortho intramolecular Hbond substituents is 2. The number of benzene rings is 2. The van der Waals surface area contributed by atoms with Gasteiger partial charge < -0.3 is 14.9 Å². The number of carbonyl (C=O) groups is 1. The molecule has 2 aliphatic rings. The van der Waals surface area contributed by atoms with Gasteiger partial charge in [0.25, 0.3) is 10.0 Å². The summed E-state index contributed by atoms with van der Waals surface area (Å²) >= 11 is 0. The first-order valence-corrected chi connectivity index (χ1v) is 14.7. The summed E-state index contributed by atoms with van der Waals surface area (Å²) in [6, 6.07) is 9.32. The van der Waals surface area contributed by atoms with E-state index in [2.05, 4.69) is 9.88 Å². The smallest absolute Gasteiger partial charge is 0.329 e. The van der Waals surface area contributed by atoms with Crippen LogP contribution >= 0.6 is 0 Å². The molecule has 2 aromatic heterocycles. The van der Waals surface area contributed by atoms with E-state index in [4.69, 9.17) is 4.74 Å². The van der Waals surface area contributed by atoms with Crippen molar-refractivity contribution in [3.05, 3.63) is 71.6 Å². The minimum absolute atomic E-state index is 0.0604. The molecule has 2 N–H and O–H groups in total. The molecule has 0 atom stereocenters. The second kappa shape index (κ2) is 10.5. The normalized spacial score (nSPS) is 16.3. The Hall–Kier alpha value is -4.27. The summed E-state index contributed by atoms with van der Waals surface area (Å²) in [5, 5.41) is 20.1. The van der Waals surface area contributed by atoms with Gasteiger partial charge in [-0.15, -0.1) is 0 Å². The van der Waals surface area contributed by atoms with E-state index in [9.17, 15) is 32.2 Å². The Labute approximate surface area is 239 Å². The van der Waals surface area contributed by atoms with Crippen LogP contribution in [-0.4, -0.2) is 71.4 Å². The fraction of sp³-hybridized carbons (Fsp3) is 0.286. The lowest BCUT2D eigenvalue weighted by atomic mass is 10.1. The van der Waals surface area contributed by atoms with Gasteiger partial charge in [-0.3, -0.25) is 14.7 Å². The van der Waals surface area contributed by atoms with Gasteiger partial charge in [0.2, 0.25) is 0 Å². The number of rotatable bonds is 6. The van der Waals surface area contributed by atoms with E-state index in [1.807, 2.05) is 0 Å².